The van der Waals surface area contributed by atoms with Crippen molar-refractivity contribution in [3.05, 3.63) is 44.8 Å². The van der Waals surface area contributed by atoms with Crippen LogP contribution in [0.4, 0.5) is 0 Å². The largest absolute Gasteiger partial charge is 0.346 e. The molecule has 0 radical (unpaired) electrons. The molecule has 0 aliphatic heterocycles. The molecule has 2 aromatic heterocycles. The number of hydrogen-bond acceptors (Lipinski definition) is 5. The number of aromatic amines is 3. The van der Waals surface area contributed by atoms with Crippen molar-refractivity contribution in [2.75, 3.05) is 0 Å². The topological polar surface area (TPSA) is 136 Å². The van der Waals surface area contributed by atoms with Gasteiger partial charge in [-0.3, -0.25) is 19.7 Å². The van der Waals surface area contributed by atoms with Gasteiger partial charge in [0.2, 0.25) is 5.91 Å². The van der Waals surface area contributed by atoms with Crippen molar-refractivity contribution in [2.45, 2.75) is 19.4 Å². The Morgan fingerprint density at radius 2 is 2.21 bits per heavy atom. The van der Waals surface area contributed by atoms with Crippen LogP contribution >= 0.6 is 0 Å². The zero-order chi connectivity index (χ0) is 13.8. The quantitative estimate of drug-likeness (QED) is 0.538. The molecule has 2 heterocycles. The minimum atomic E-state index is -0.640. The van der Waals surface area contributed by atoms with E-state index in [1.54, 1.807) is 6.92 Å². The Balaban J connectivity index is 2.01. The van der Waals surface area contributed by atoms with Crippen LogP contribution in [0.1, 0.15) is 24.5 Å². The van der Waals surface area contributed by atoms with E-state index in [1.807, 2.05) is 4.98 Å². The highest BCUT2D eigenvalue weighted by Crippen LogP contribution is 2.04. The van der Waals surface area contributed by atoms with Crippen LogP contribution in [-0.2, 0) is 11.2 Å². The molecule has 0 aliphatic rings. The molecule has 0 bridgehead atoms. The highest BCUT2D eigenvalue weighted by molar-refractivity contribution is 5.78. The Bertz CT molecular complexity index is 643. The highest BCUT2D eigenvalue weighted by atomic mass is 16.2. The predicted molar refractivity (Wildman–Crippen MR) is 64.3 cm³/mol. The van der Waals surface area contributed by atoms with Crippen molar-refractivity contribution >= 4 is 5.91 Å². The van der Waals surface area contributed by atoms with Crippen molar-refractivity contribution in [2.24, 2.45) is 0 Å². The van der Waals surface area contributed by atoms with Gasteiger partial charge in [-0.25, -0.2) is 9.78 Å². The second-order valence-electron chi connectivity index (χ2n) is 3.95. The lowest BCUT2D eigenvalue weighted by Crippen LogP contribution is -2.31. The van der Waals surface area contributed by atoms with Crippen molar-refractivity contribution in [3.63, 3.8) is 0 Å². The van der Waals surface area contributed by atoms with E-state index in [9.17, 15) is 14.4 Å². The monoisotopic (exact) mass is 264 g/mol. The van der Waals surface area contributed by atoms with E-state index in [0.29, 0.717) is 5.82 Å². The van der Waals surface area contributed by atoms with Gasteiger partial charge in [0.15, 0.2) is 0 Å². The van der Waals surface area contributed by atoms with Gasteiger partial charge in [-0.15, -0.1) is 0 Å². The van der Waals surface area contributed by atoms with Crippen LogP contribution in [0.2, 0.25) is 0 Å². The Labute approximate surface area is 106 Å². The molecule has 9 nitrogen and oxygen atoms in total. The summed E-state index contributed by atoms with van der Waals surface area (Å²) in [4.78, 5) is 42.2. The van der Waals surface area contributed by atoms with Gasteiger partial charge < -0.3 is 10.3 Å². The van der Waals surface area contributed by atoms with Gasteiger partial charge in [0.05, 0.1) is 12.5 Å². The average molecular weight is 264 g/mol. The summed E-state index contributed by atoms with van der Waals surface area (Å²) >= 11 is 0. The number of nitrogens with one attached hydrogen (secondary N) is 4. The van der Waals surface area contributed by atoms with Crippen LogP contribution in [0.3, 0.4) is 0 Å². The zero-order valence-electron chi connectivity index (χ0n) is 10.1. The molecule has 2 rings (SSSR count). The maximum atomic E-state index is 11.7. The third-order valence-electron chi connectivity index (χ3n) is 2.39. The first-order valence-electron chi connectivity index (χ1n) is 5.52. The molecule has 1 unspecified atom stereocenters. The van der Waals surface area contributed by atoms with Gasteiger partial charge in [-0.05, 0) is 6.92 Å². The fourth-order valence-corrected chi connectivity index (χ4v) is 1.57. The summed E-state index contributed by atoms with van der Waals surface area (Å²) in [5.74, 6) is 0.179. The number of nitrogens with zero attached hydrogens (tertiary/aromatic N) is 2. The summed E-state index contributed by atoms with van der Waals surface area (Å²) < 4.78 is 0. The van der Waals surface area contributed by atoms with E-state index < -0.39 is 11.2 Å². The molecule has 9 heteroatoms. The maximum absolute atomic E-state index is 11.7. The first-order valence-corrected chi connectivity index (χ1v) is 5.52. The number of carbonyl (C=O) groups is 1. The molecule has 0 aliphatic carbocycles. The Morgan fingerprint density at radius 3 is 2.84 bits per heavy atom. The molecule has 100 valence electrons. The molecular formula is C10H12N6O3. The van der Waals surface area contributed by atoms with E-state index in [-0.39, 0.29) is 24.1 Å². The van der Waals surface area contributed by atoms with Gasteiger partial charge in [0, 0.05) is 11.8 Å². The first kappa shape index (κ1) is 12.7. The molecule has 19 heavy (non-hydrogen) atoms. The van der Waals surface area contributed by atoms with E-state index in [0.717, 1.165) is 0 Å². The summed E-state index contributed by atoms with van der Waals surface area (Å²) in [6.07, 6.45) is 1.24. The third kappa shape index (κ3) is 3.37. The molecule has 1 amide bonds. The molecule has 0 spiro atoms. The minimum Gasteiger partial charge on any atom is -0.346 e. The number of amides is 1. The number of hydrogen-bond donors (Lipinski definition) is 4. The molecule has 1 atom stereocenters. The van der Waals surface area contributed by atoms with Gasteiger partial charge in [-0.2, -0.15) is 5.10 Å². The predicted octanol–water partition coefficient (Wildman–Crippen LogP) is -1.40. The van der Waals surface area contributed by atoms with Crippen LogP contribution in [0.5, 0.6) is 0 Å². The molecule has 4 N–H and O–H groups in total. The van der Waals surface area contributed by atoms with Crippen LogP contribution in [0, 0.1) is 0 Å². The molecule has 2 aromatic rings. The normalized spacial score (nSPS) is 12.1. The van der Waals surface area contributed by atoms with Crippen LogP contribution in [0.25, 0.3) is 0 Å². The Hall–Kier alpha value is -2.71. The van der Waals surface area contributed by atoms with E-state index in [2.05, 4.69) is 25.5 Å². The molecule has 0 saturated heterocycles. The van der Waals surface area contributed by atoms with Crippen LogP contribution in [-0.4, -0.2) is 31.1 Å². The van der Waals surface area contributed by atoms with Crippen molar-refractivity contribution in [1.82, 2.24) is 30.5 Å². The smallest absolute Gasteiger partial charge is 0.325 e. The average Bonchev–Trinajstić information content (AvgIpc) is 2.80. The van der Waals surface area contributed by atoms with Gasteiger partial charge in [0.1, 0.15) is 12.2 Å². The minimum absolute atomic E-state index is 0.0996. The van der Waals surface area contributed by atoms with E-state index in [4.69, 9.17) is 0 Å². The maximum Gasteiger partial charge on any atom is 0.325 e. The second-order valence-corrected chi connectivity index (χ2v) is 3.95. The first-order chi connectivity index (χ1) is 9.04. The Morgan fingerprint density at radius 1 is 1.42 bits per heavy atom. The highest BCUT2D eigenvalue weighted by Gasteiger charge is 2.12. The summed E-state index contributed by atoms with van der Waals surface area (Å²) in [6.45, 7) is 1.74. The Kier molecular flexibility index (Phi) is 3.55. The summed E-state index contributed by atoms with van der Waals surface area (Å²) in [5, 5.41) is 8.98. The standard InChI is InChI=1S/C10H12N6O3/c1-5(9-11-4-12-16-9)13-7(17)2-6-3-8(18)15-10(19)14-6/h3-5H,2H2,1H3,(H,13,17)(H,11,12,16)(H2,14,15,18,19). The number of aromatic nitrogens is 5. The van der Waals surface area contributed by atoms with Gasteiger partial charge in [0.25, 0.3) is 5.56 Å². The lowest BCUT2D eigenvalue weighted by molar-refractivity contribution is -0.121. The summed E-state index contributed by atoms with van der Waals surface area (Å²) in [5.41, 5.74) is -0.940. The lowest BCUT2D eigenvalue weighted by atomic mass is 10.2. The second kappa shape index (κ2) is 5.29. The number of carbonyl (C=O) groups excluding carboxylic acids is 1. The molecule has 0 saturated carbocycles. The fraction of sp³-hybridized carbons (Fsp3) is 0.300. The van der Waals surface area contributed by atoms with E-state index in [1.165, 1.54) is 12.4 Å². The third-order valence-corrected chi connectivity index (χ3v) is 2.39. The van der Waals surface area contributed by atoms with E-state index >= 15 is 0 Å². The number of H-pyrrole nitrogens is 3. The lowest BCUT2D eigenvalue weighted by Gasteiger charge is -2.10. The SMILES string of the molecule is CC(NC(=O)Cc1cc(=O)[nH]c(=O)[nH]1)c1ncn[nH]1. The van der Waals surface area contributed by atoms with Gasteiger partial charge >= 0.3 is 5.69 Å². The molecule has 0 aromatic carbocycles. The molecule has 0 fully saturated rings. The van der Waals surface area contributed by atoms with Crippen molar-refractivity contribution < 1.29 is 4.79 Å². The van der Waals surface area contributed by atoms with Crippen LogP contribution < -0.4 is 16.6 Å². The number of rotatable bonds is 4. The van der Waals surface area contributed by atoms with Crippen LogP contribution in [0.15, 0.2) is 22.0 Å². The fourth-order valence-electron chi connectivity index (χ4n) is 1.57. The van der Waals surface area contributed by atoms with Crippen molar-refractivity contribution in [1.29, 1.82) is 0 Å². The van der Waals surface area contributed by atoms with Crippen molar-refractivity contribution in [3.8, 4) is 0 Å². The van der Waals surface area contributed by atoms with Gasteiger partial charge in [-0.1, -0.05) is 0 Å². The summed E-state index contributed by atoms with van der Waals surface area (Å²) in [7, 11) is 0. The molecular weight excluding hydrogens is 252 g/mol. The summed E-state index contributed by atoms with van der Waals surface area (Å²) in [6, 6.07) is 0.823. The zero-order valence-corrected chi connectivity index (χ0v) is 10.1.